The number of benzene rings is 1. The molecule has 1 unspecified atom stereocenters. The van der Waals surface area contributed by atoms with Crippen LogP contribution in [0.1, 0.15) is 34.5 Å². The molecule has 1 amide bonds. The standard InChI is InChI=1S/C33H36F3N9O.C2HF3O2/c1-37-26-13-30(42-45-28(15-40-31(26)45)32(46)41-25-12-23(25)34)44-10-8-22-21(3-2-4-27(22)44)24-6-5-19(14-39-24)11-20-16-43(17-20)29-7-9-38-18-33(29,35)36;3-2(4,5)1(6)7/h2-6,13-15,20,23,25,29,37-38H,7-12,16-18H2,1H3,(H,41,46);(H,6,7)/t23-,25+,29?;/m0./s1. The van der Waals surface area contributed by atoms with E-state index in [1.807, 2.05) is 29.3 Å². The van der Waals surface area contributed by atoms with E-state index in [0.29, 0.717) is 56.4 Å². The highest BCUT2D eigenvalue weighted by atomic mass is 19.4. The molecule has 0 bridgehead atoms. The number of halogens is 6. The number of carbonyl (C=O) groups is 2. The molecule has 6 heterocycles. The summed E-state index contributed by atoms with van der Waals surface area (Å²) in [4.78, 5) is 35.1. The summed E-state index contributed by atoms with van der Waals surface area (Å²) >= 11 is 0. The maximum absolute atomic E-state index is 14.3. The van der Waals surface area contributed by atoms with E-state index >= 15 is 0 Å². The molecular weight excluding hydrogens is 708 g/mol. The molecule has 0 radical (unpaired) electrons. The number of nitrogens with zero attached hydrogens (tertiary/aromatic N) is 6. The number of anilines is 3. The van der Waals surface area contributed by atoms with Crippen molar-refractivity contribution >= 4 is 34.7 Å². The van der Waals surface area contributed by atoms with Crippen molar-refractivity contribution in [1.82, 2.24) is 35.1 Å². The molecule has 0 spiro atoms. The molecule has 3 aliphatic heterocycles. The number of piperidine rings is 1. The number of imidazole rings is 1. The Morgan fingerprint density at radius 1 is 1.11 bits per heavy atom. The summed E-state index contributed by atoms with van der Waals surface area (Å²) in [7, 11) is 1.80. The summed E-state index contributed by atoms with van der Waals surface area (Å²) in [5, 5.41) is 20.6. The van der Waals surface area contributed by atoms with Gasteiger partial charge in [-0.05, 0) is 55.0 Å². The first kappa shape index (κ1) is 36.4. The van der Waals surface area contributed by atoms with Crippen LogP contribution in [0.15, 0.2) is 48.8 Å². The largest absolute Gasteiger partial charge is 0.490 e. The minimum absolute atomic E-state index is 0.235. The second-order valence-electron chi connectivity index (χ2n) is 13.7. The fourth-order valence-corrected chi connectivity index (χ4v) is 7.20. The molecule has 4 N–H and O–H groups in total. The minimum Gasteiger partial charge on any atom is -0.475 e. The van der Waals surface area contributed by atoms with Crippen molar-refractivity contribution in [2.75, 3.05) is 50.0 Å². The van der Waals surface area contributed by atoms with Crippen molar-refractivity contribution in [3.63, 3.8) is 0 Å². The molecule has 18 heteroatoms. The molecule has 4 aliphatic rings. The Morgan fingerprint density at radius 3 is 2.51 bits per heavy atom. The third kappa shape index (κ3) is 7.46. The van der Waals surface area contributed by atoms with Crippen LogP contribution >= 0.6 is 0 Å². The van der Waals surface area contributed by atoms with Gasteiger partial charge >= 0.3 is 12.1 Å². The fourth-order valence-electron chi connectivity index (χ4n) is 7.20. The fraction of sp³-hybridized carbons (Fsp3) is 0.457. The Hall–Kier alpha value is -4.97. The lowest BCUT2D eigenvalue weighted by Crippen LogP contribution is -2.63. The number of hydrogen-bond donors (Lipinski definition) is 4. The highest BCUT2D eigenvalue weighted by molar-refractivity contribution is 5.94. The number of carbonyl (C=O) groups excluding carboxylic acids is 1. The van der Waals surface area contributed by atoms with Crippen molar-refractivity contribution in [3.05, 3.63) is 65.6 Å². The van der Waals surface area contributed by atoms with Crippen molar-refractivity contribution < 1.29 is 41.0 Å². The molecule has 3 atom stereocenters. The number of aliphatic carboxylic acids is 1. The quantitative estimate of drug-likeness (QED) is 0.191. The lowest BCUT2D eigenvalue weighted by molar-refractivity contribution is -0.192. The number of likely N-dealkylation sites (tertiary alicyclic amines) is 1. The number of pyridine rings is 1. The summed E-state index contributed by atoms with van der Waals surface area (Å²) in [5.74, 6) is -4.81. The normalized spacial score (nSPS) is 22.4. The average molecular weight is 746 g/mol. The van der Waals surface area contributed by atoms with Crippen LogP contribution in [0.3, 0.4) is 0 Å². The molecule has 2 saturated heterocycles. The SMILES string of the molecule is CNc1cc(N2CCc3c(-c4ccc(CC5CN(C6CCNCC6(F)F)C5)cn4)cccc32)nn2c(C(=O)N[C@@H]3C[C@@H]3F)cnc12.O=C(O)C(F)(F)F. The predicted molar refractivity (Wildman–Crippen MR) is 182 cm³/mol. The topological polar surface area (TPSA) is 140 Å². The van der Waals surface area contributed by atoms with Gasteiger partial charge in [-0.2, -0.15) is 13.2 Å². The summed E-state index contributed by atoms with van der Waals surface area (Å²) in [6.45, 7) is 2.50. The van der Waals surface area contributed by atoms with Gasteiger partial charge in [0.15, 0.2) is 17.2 Å². The van der Waals surface area contributed by atoms with Crippen LogP contribution in [0.5, 0.6) is 0 Å². The van der Waals surface area contributed by atoms with Gasteiger partial charge in [0, 0.05) is 56.6 Å². The lowest BCUT2D eigenvalue weighted by Gasteiger charge is -2.48. The Morgan fingerprint density at radius 2 is 1.87 bits per heavy atom. The van der Waals surface area contributed by atoms with Gasteiger partial charge in [-0.3, -0.25) is 14.7 Å². The van der Waals surface area contributed by atoms with Crippen LogP contribution < -0.4 is 20.9 Å². The van der Waals surface area contributed by atoms with Crippen LogP contribution in [-0.2, 0) is 17.6 Å². The number of aromatic nitrogens is 4. The summed E-state index contributed by atoms with van der Waals surface area (Å²) in [6, 6.07) is 11.1. The van der Waals surface area contributed by atoms with E-state index in [4.69, 9.17) is 20.0 Å². The third-order valence-corrected chi connectivity index (χ3v) is 10.0. The lowest BCUT2D eigenvalue weighted by atomic mass is 9.88. The molecule has 3 fully saturated rings. The van der Waals surface area contributed by atoms with Gasteiger partial charge < -0.3 is 26.0 Å². The van der Waals surface area contributed by atoms with Gasteiger partial charge in [-0.1, -0.05) is 18.2 Å². The van der Waals surface area contributed by atoms with Crippen molar-refractivity contribution in [2.45, 2.75) is 56.0 Å². The van der Waals surface area contributed by atoms with Crippen molar-refractivity contribution in [1.29, 1.82) is 0 Å². The first-order chi connectivity index (χ1) is 25.2. The van der Waals surface area contributed by atoms with Crippen molar-refractivity contribution in [3.8, 4) is 11.3 Å². The Labute approximate surface area is 299 Å². The number of alkyl halides is 6. The zero-order chi connectivity index (χ0) is 37.7. The molecule has 1 aromatic carbocycles. The van der Waals surface area contributed by atoms with Crippen LogP contribution in [0.25, 0.3) is 16.9 Å². The number of hydrogen-bond acceptors (Lipinski definition) is 9. The average Bonchev–Trinajstić information content (AvgIpc) is 3.44. The molecule has 4 aromatic rings. The molecule has 8 rings (SSSR count). The highest BCUT2D eigenvalue weighted by Crippen LogP contribution is 2.40. The third-order valence-electron chi connectivity index (χ3n) is 10.0. The number of fused-ring (bicyclic) bond motifs is 2. The maximum Gasteiger partial charge on any atom is 0.490 e. The maximum atomic E-state index is 14.3. The van der Waals surface area contributed by atoms with Crippen LogP contribution in [0.2, 0.25) is 0 Å². The molecule has 53 heavy (non-hydrogen) atoms. The van der Waals surface area contributed by atoms with E-state index < -0.39 is 42.2 Å². The van der Waals surface area contributed by atoms with Crippen LogP contribution in [-0.4, -0.2) is 112 Å². The number of carboxylic acids is 1. The first-order valence-electron chi connectivity index (χ1n) is 17.2. The molecule has 12 nitrogen and oxygen atoms in total. The molecule has 1 aliphatic carbocycles. The Kier molecular flexibility index (Phi) is 9.69. The van der Waals surface area contributed by atoms with Gasteiger partial charge in [0.1, 0.15) is 6.17 Å². The number of rotatable bonds is 8. The minimum atomic E-state index is -5.08. The van der Waals surface area contributed by atoms with E-state index in [2.05, 4.69) is 44.0 Å². The smallest absolute Gasteiger partial charge is 0.475 e. The molecule has 1 saturated carbocycles. The highest BCUT2D eigenvalue weighted by Gasteiger charge is 2.48. The number of nitrogens with one attached hydrogen (secondary N) is 3. The van der Waals surface area contributed by atoms with Gasteiger partial charge in [-0.15, -0.1) is 5.10 Å². The predicted octanol–water partition coefficient (Wildman–Crippen LogP) is 4.47. The second kappa shape index (κ2) is 14.1. The van der Waals surface area contributed by atoms with E-state index in [1.54, 1.807) is 7.05 Å². The molecular formula is C35H37F6N9O3. The van der Waals surface area contributed by atoms with Crippen LogP contribution in [0, 0.1) is 5.92 Å². The Bertz CT molecular complexity index is 2000. The van der Waals surface area contributed by atoms with Gasteiger partial charge in [0.2, 0.25) is 0 Å². The second-order valence-corrected chi connectivity index (χ2v) is 13.7. The van der Waals surface area contributed by atoms with E-state index in [9.17, 15) is 31.1 Å². The van der Waals surface area contributed by atoms with E-state index in [-0.39, 0.29) is 12.2 Å². The van der Waals surface area contributed by atoms with Gasteiger partial charge in [-0.25, -0.2) is 27.5 Å². The van der Waals surface area contributed by atoms with Crippen LogP contribution in [0.4, 0.5) is 43.5 Å². The van der Waals surface area contributed by atoms with Gasteiger partial charge in [0.25, 0.3) is 11.8 Å². The number of carboxylic acid groups (broad SMARTS) is 1. The zero-order valence-electron chi connectivity index (χ0n) is 28.5. The monoisotopic (exact) mass is 745 g/mol. The van der Waals surface area contributed by atoms with E-state index in [1.165, 1.54) is 16.3 Å². The Balaban J connectivity index is 0.000000568. The zero-order valence-corrected chi connectivity index (χ0v) is 28.5. The summed E-state index contributed by atoms with van der Waals surface area (Å²) in [6.07, 6.45) is -0.272. The van der Waals surface area contributed by atoms with Crippen molar-refractivity contribution in [2.24, 2.45) is 5.92 Å². The first-order valence-corrected chi connectivity index (χ1v) is 17.2. The van der Waals surface area contributed by atoms with E-state index in [0.717, 1.165) is 41.0 Å². The van der Waals surface area contributed by atoms with Gasteiger partial charge in [0.05, 0.1) is 36.2 Å². The summed E-state index contributed by atoms with van der Waals surface area (Å²) in [5.41, 5.74) is 6.72. The number of amides is 1. The summed E-state index contributed by atoms with van der Waals surface area (Å²) < 4.78 is 75.4. The molecule has 282 valence electrons. The molecule has 3 aromatic heterocycles.